The lowest BCUT2D eigenvalue weighted by Gasteiger charge is -2.05. The second kappa shape index (κ2) is 3.67. The first-order valence-electron chi connectivity index (χ1n) is 3.41. The average Bonchev–Trinajstić information content (AvgIpc) is 2.02. The van der Waals surface area contributed by atoms with Gasteiger partial charge in [0, 0.05) is 5.69 Å². The van der Waals surface area contributed by atoms with Gasteiger partial charge in [-0.2, -0.15) is 5.26 Å². The molecule has 13 heavy (non-hydrogen) atoms. The third kappa shape index (κ3) is 1.93. The number of nitrogens with zero attached hydrogens (tertiary/aromatic N) is 2. The Hall–Kier alpha value is -1.21. The summed E-state index contributed by atoms with van der Waals surface area (Å²) in [7, 11) is 0. The number of nitriles is 1. The molecule has 0 radical (unpaired) electrons. The summed E-state index contributed by atoms with van der Waals surface area (Å²) in [4.78, 5) is 3.65. The van der Waals surface area contributed by atoms with E-state index in [1.165, 1.54) is 6.92 Å². The Labute approximate surface area is 78.8 Å². The highest BCUT2D eigenvalue weighted by atomic mass is 35.5. The van der Waals surface area contributed by atoms with E-state index in [0.717, 1.165) is 6.07 Å². The van der Waals surface area contributed by atoms with Gasteiger partial charge in [-0.25, -0.2) is 13.8 Å². The van der Waals surface area contributed by atoms with E-state index in [4.69, 9.17) is 16.9 Å². The second-order valence-corrected chi connectivity index (χ2v) is 2.81. The Morgan fingerprint density at radius 2 is 2.23 bits per heavy atom. The molecule has 0 atom stereocenters. The maximum Gasteiger partial charge on any atom is 0.267 e. The molecule has 0 aliphatic rings. The third-order valence-corrected chi connectivity index (χ3v) is 1.84. The predicted octanol–water partition coefficient (Wildman–Crippen LogP) is 2.85. The van der Waals surface area contributed by atoms with Gasteiger partial charge in [-0.3, -0.25) is 0 Å². The lowest BCUT2D eigenvalue weighted by Crippen LogP contribution is -1.97. The average molecular weight is 203 g/mol. The van der Waals surface area contributed by atoms with Crippen molar-refractivity contribution in [3.05, 3.63) is 28.0 Å². The van der Waals surface area contributed by atoms with Crippen LogP contribution in [0.2, 0.25) is 5.02 Å². The normalized spacial score (nSPS) is 10.2. The van der Waals surface area contributed by atoms with Crippen molar-refractivity contribution in [2.45, 2.75) is 13.3 Å². The summed E-state index contributed by atoms with van der Waals surface area (Å²) in [5.74, 6) is 0. The quantitative estimate of drug-likeness (QED) is 0.702. The van der Waals surface area contributed by atoms with Gasteiger partial charge in [-0.05, 0) is 13.0 Å². The van der Waals surface area contributed by atoms with Gasteiger partial charge in [0.1, 0.15) is 11.8 Å². The van der Waals surface area contributed by atoms with Gasteiger partial charge in [-0.1, -0.05) is 11.6 Å². The minimum Gasteiger partial charge on any atom is -0.242 e. The lowest BCUT2D eigenvalue weighted by atomic mass is 10.2. The van der Waals surface area contributed by atoms with Crippen molar-refractivity contribution < 1.29 is 8.78 Å². The fourth-order valence-corrected chi connectivity index (χ4v) is 1.29. The summed E-state index contributed by atoms with van der Waals surface area (Å²) in [6.45, 7) is 1.40. The Balaban J connectivity index is 3.33. The highest BCUT2D eigenvalue weighted by molar-refractivity contribution is 6.31. The first-order chi connectivity index (χ1) is 6.06. The molecule has 0 saturated carbocycles. The SMILES string of the molecule is Cc1nc(C#N)cc(Cl)c1C(F)F. The van der Waals surface area contributed by atoms with Crippen LogP contribution in [0, 0.1) is 18.3 Å². The number of aryl methyl sites for hydroxylation is 1. The maximum atomic E-state index is 12.3. The molecule has 0 aromatic carbocycles. The van der Waals surface area contributed by atoms with Crippen LogP contribution in [-0.2, 0) is 0 Å². The molecular formula is C8H5ClF2N2. The van der Waals surface area contributed by atoms with Crippen LogP contribution in [0.3, 0.4) is 0 Å². The summed E-state index contributed by atoms with van der Waals surface area (Å²) in [6.07, 6.45) is -2.66. The van der Waals surface area contributed by atoms with E-state index in [9.17, 15) is 8.78 Å². The van der Waals surface area contributed by atoms with Gasteiger partial charge in [-0.15, -0.1) is 0 Å². The summed E-state index contributed by atoms with van der Waals surface area (Å²) >= 11 is 5.54. The summed E-state index contributed by atoms with van der Waals surface area (Å²) in [5.41, 5.74) is -0.161. The van der Waals surface area contributed by atoms with Gasteiger partial charge >= 0.3 is 0 Å². The largest absolute Gasteiger partial charge is 0.267 e. The van der Waals surface area contributed by atoms with Gasteiger partial charge < -0.3 is 0 Å². The number of alkyl halides is 2. The van der Waals surface area contributed by atoms with Gasteiger partial charge in [0.05, 0.1) is 10.6 Å². The number of pyridine rings is 1. The van der Waals surface area contributed by atoms with Crippen LogP contribution in [0.1, 0.15) is 23.4 Å². The third-order valence-electron chi connectivity index (χ3n) is 1.53. The van der Waals surface area contributed by atoms with Crippen molar-refractivity contribution in [3.63, 3.8) is 0 Å². The highest BCUT2D eigenvalue weighted by Crippen LogP contribution is 2.29. The Morgan fingerprint density at radius 3 is 2.62 bits per heavy atom. The molecule has 0 amide bonds. The van der Waals surface area contributed by atoms with Crippen LogP contribution >= 0.6 is 11.6 Å². The maximum absolute atomic E-state index is 12.3. The molecule has 5 heteroatoms. The van der Waals surface area contributed by atoms with Crippen molar-refractivity contribution >= 4 is 11.6 Å². The molecule has 1 rings (SSSR count). The highest BCUT2D eigenvalue weighted by Gasteiger charge is 2.16. The van der Waals surface area contributed by atoms with Crippen molar-refractivity contribution in [1.82, 2.24) is 4.98 Å². The standard InChI is InChI=1S/C8H5ClF2N2/c1-4-7(8(10)11)6(9)2-5(3-12)13-4/h2,8H,1H3. The molecule has 68 valence electrons. The molecule has 0 aliphatic heterocycles. The molecule has 0 bridgehead atoms. The molecule has 0 unspecified atom stereocenters. The first-order valence-corrected chi connectivity index (χ1v) is 3.79. The molecule has 1 heterocycles. The Kier molecular flexibility index (Phi) is 2.79. The molecule has 2 nitrogen and oxygen atoms in total. The van der Waals surface area contributed by atoms with E-state index < -0.39 is 6.43 Å². The second-order valence-electron chi connectivity index (χ2n) is 2.40. The summed E-state index contributed by atoms with van der Waals surface area (Å²) in [5, 5.41) is 8.35. The van der Waals surface area contributed by atoms with Crippen LogP contribution in [0.15, 0.2) is 6.07 Å². The lowest BCUT2D eigenvalue weighted by molar-refractivity contribution is 0.150. The monoisotopic (exact) mass is 202 g/mol. The van der Waals surface area contributed by atoms with E-state index >= 15 is 0 Å². The van der Waals surface area contributed by atoms with Crippen LogP contribution in [0.25, 0.3) is 0 Å². The van der Waals surface area contributed by atoms with E-state index in [2.05, 4.69) is 4.98 Å². The smallest absolute Gasteiger partial charge is 0.242 e. The molecule has 0 spiro atoms. The molecule has 1 aromatic rings. The number of halogens is 3. The predicted molar refractivity (Wildman–Crippen MR) is 43.7 cm³/mol. The van der Waals surface area contributed by atoms with Crippen molar-refractivity contribution in [2.24, 2.45) is 0 Å². The van der Waals surface area contributed by atoms with Crippen molar-refractivity contribution in [1.29, 1.82) is 5.26 Å². The zero-order valence-electron chi connectivity index (χ0n) is 6.68. The van der Waals surface area contributed by atoms with Crippen molar-refractivity contribution in [2.75, 3.05) is 0 Å². The molecule has 0 saturated heterocycles. The Bertz CT molecular complexity index is 348. The zero-order valence-corrected chi connectivity index (χ0v) is 7.44. The van der Waals surface area contributed by atoms with E-state index in [0.29, 0.717) is 0 Å². The van der Waals surface area contributed by atoms with Crippen LogP contribution in [-0.4, -0.2) is 4.98 Å². The topological polar surface area (TPSA) is 36.7 Å². The number of hydrogen-bond donors (Lipinski definition) is 0. The number of rotatable bonds is 1. The molecule has 0 fully saturated rings. The minimum absolute atomic E-state index is 0.0481. The number of hydrogen-bond acceptors (Lipinski definition) is 2. The fraction of sp³-hybridized carbons (Fsp3) is 0.250. The van der Waals surface area contributed by atoms with Gasteiger partial charge in [0.15, 0.2) is 0 Å². The minimum atomic E-state index is -2.66. The van der Waals surface area contributed by atoms with Gasteiger partial charge in [0.25, 0.3) is 6.43 Å². The van der Waals surface area contributed by atoms with Crippen LogP contribution in [0.5, 0.6) is 0 Å². The fourth-order valence-electron chi connectivity index (χ4n) is 0.963. The Morgan fingerprint density at radius 1 is 1.62 bits per heavy atom. The van der Waals surface area contributed by atoms with Gasteiger partial charge in [0.2, 0.25) is 0 Å². The first kappa shape index (κ1) is 9.87. The zero-order chi connectivity index (χ0) is 10.0. The van der Waals surface area contributed by atoms with E-state index in [-0.39, 0.29) is 22.0 Å². The molecule has 0 N–H and O–H groups in total. The number of aromatic nitrogens is 1. The van der Waals surface area contributed by atoms with Crippen molar-refractivity contribution in [3.8, 4) is 6.07 Å². The van der Waals surface area contributed by atoms with Crippen LogP contribution in [0.4, 0.5) is 8.78 Å². The van der Waals surface area contributed by atoms with Crippen LogP contribution < -0.4 is 0 Å². The molecule has 0 aliphatic carbocycles. The molecular weight excluding hydrogens is 198 g/mol. The van der Waals surface area contributed by atoms with E-state index in [1.54, 1.807) is 6.07 Å². The summed E-state index contributed by atoms with van der Waals surface area (Å²) in [6, 6.07) is 2.87. The molecule has 1 aromatic heterocycles. The summed E-state index contributed by atoms with van der Waals surface area (Å²) < 4.78 is 24.6. The van der Waals surface area contributed by atoms with E-state index in [1.807, 2.05) is 0 Å².